The van der Waals surface area contributed by atoms with E-state index in [0.29, 0.717) is 12.2 Å². The number of carbonyl (C=O) groups is 1. The molecule has 1 aromatic heterocycles. The number of halogens is 1. The number of hydrogen-bond acceptors (Lipinski definition) is 3. The van der Waals surface area contributed by atoms with Crippen molar-refractivity contribution in [2.75, 3.05) is 5.32 Å². The van der Waals surface area contributed by atoms with Crippen LogP contribution in [0.15, 0.2) is 48.5 Å². The first kappa shape index (κ1) is 19.1. The average Bonchev–Trinajstić information content (AvgIpc) is 2.70. The van der Waals surface area contributed by atoms with Gasteiger partial charge in [-0.2, -0.15) is 0 Å². The summed E-state index contributed by atoms with van der Waals surface area (Å²) in [5.74, 6) is 0.569. The van der Waals surface area contributed by atoms with Gasteiger partial charge in [-0.3, -0.25) is 4.79 Å². The molecule has 2 aromatic carbocycles. The van der Waals surface area contributed by atoms with Crippen LogP contribution < -0.4 is 5.32 Å². The summed E-state index contributed by atoms with van der Waals surface area (Å²) in [5.41, 5.74) is 6.31. The highest BCUT2D eigenvalue weighted by Crippen LogP contribution is 2.32. The lowest BCUT2D eigenvalue weighted by Crippen LogP contribution is -2.19. The zero-order valence-electron chi connectivity index (χ0n) is 15.8. The number of benzene rings is 2. The molecule has 3 aromatic rings. The number of amides is 1. The Labute approximate surface area is 179 Å². The summed E-state index contributed by atoms with van der Waals surface area (Å²) < 4.78 is 1.16. The minimum atomic E-state index is -0.0518. The van der Waals surface area contributed by atoms with Crippen molar-refractivity contribution >= 4 is 34.3 Å². The fourth-order valence-corrected chi connectivity index (χ4v) is 3.95. The van der Waals surface area contributed by atoms with Crippen molar-refractivity contribution in [3.05, 3.63) is 74.6 Å². The molecular formula is C23H22IN3O. The first-order valence-corrected chi connectivity index (χ1v) is 10.7. The van der Waals surface area contributed by atoms with E-state index in [1.807, 2.05) is 30.3 Å². The summed E-state index contributed by atoms with van der Waals surface area (Å²) in [4.78, 5) is 22.4. The van der Waals surface area contributed by atoms with Crippen LogP contribution >= 0.6 is 22.6 Å². The molecule has 1 aliphatic carbocycles. The van der Waals surface area contributed by atoms with Gasteiger partial charge >= 0.3 is 0 Å². The lowest BCUT2D eigenvalue weighted by atomic mass is 9.91. The van der Waals surface area contributed by atoms with Crippen LogP contribution in [0.25, 0.3) is 11.3 Å². The molecule has 1 amide bonds. The quantitative estimate of drug-likeness (QED) is 0.521. The predicted octanol–water partition coefficient (Wildman–Crippen LogP) is 4.98. The molecule has 0 saturated heterocycles. The molecule has 0 bridgehead atoms. The minimum Gasteiger partial charge on any atom is -0.309 e. The normalized spacial score (nSPS) is 12.2. The number of rotatable bonds is 5. The first-order chi connectivity index (χ1) is 13.6. The number of aryl methyl sites for hydroxylation is 3. The number of carbonyl (C=O) groups excluding carboxylic acids is 1. The van der Waals surface area contributed by atoms with E-state index in [2.05, 4.69) is 53.0 Å². The Bertz CT molecular complexity index is 1010. The monoisotopic (exact) mass is 483 g/mol. The second kappa shape index (κ2) is 8.39. The van der Waals surface area contributed by atoms with E-state index in [0.717, 1.165) is 51.9 Å². The van der Waals surface area contributed by atoms with E-state index in [1.165, 1.54) is 11.1 Å². The Morgan fingerprint density at radius 1 is 1.07 bits per heavy atom. The lowest BCUT2D eigenvalue weighted by Gasteiger charge is -2.20. The summed E-state index contributed by atoms with van der Waals surface area (Å²) in [6, 6.07) is 16.4. The number of nitrogens with one attached hydrogen (secondary N) is 1. The molecule has 4 rings (SSSR count). The van der Waals surface area contributed by atoms with Gasteiger partial charge in [0.1, 0.15) is 0 Å². The van der Waals surface area contributed by atoms with Crippen LogP contribution in [0.2, 0.25) is 0 Å². The van der Waals surface area contributed by atoms with Gasteiger partial charge in [-0.25, -0.2) is 9.97 Å². The van der Waals surface area contributed by atoms with Gasteiger partial charge in [0.25, 0.3) is 0 Å². The Morgan fingerprint density at radius 2 is 1.86 bits per heavy atom. The fourth-order valence-electron chi connectivity index (χ4n) is 3.59. The number of aromatic nitrogens is 2. The molecule has 5 heteroatoms. The van der Waals surface area contributed by atoms with E-state index in [4.69, 9.17) is 9.97 Å². The second-order valence-electron chi connectivity index (χ2n) is 7.07. The van der Waals surface area contributed by atoms with Gasteiger partial charge in [0.15, 0.2) is 5.82 Å². The molecule has 0 atom stereocenters. The molecule has 1 aliphatic rings. The van der Waals surface area contributed by atoms with E-state index < -0.39 is 0 Å². The topological polar surface area (TPSA) is 54.9 Å². The van der Waals surface area contributed by atoms with Crippen molar-refractivity contribution in [1.29, 1.82) is 0 Å². The van der Waals surface area contributed by atoms with Crippen LogP contribution in [0.1, 0.15) is 35.9 Å². The zero-order chi connectivity index (χ0) is 19.5. The zero-order valence-corrected chi connectivity index (χ0v) is 18.0. The van der Waals surface area contributed by atoms with E-state index in [-0.39, 0.29) is 5.91 Å². The van der Waals surface area contributed by atoms with Crippen LogP contribution in [0.5, 0.6) is 0 Å². The standard InChI is InChI=1S/C23H22IN3O/c1-2-5-20-23(27-21(28)14-15-8-11-17(24)12-9-15)26-19-13-10-16-6-3-4-7-18(16)22(19)25-20/h3-4,6-9,11-12H,2,5,10,13-14H2,1H3,(H,26,27,28). The third kappa shape index (κ3) is 4.09. The maximum Gasteiger partial charge on any atom is 0.229 e. The molecule has 1 heterocycles. The lowest BCUT2D eigenvalue weighted by molar-refractivity contribution is -0.115. The SMILES string of the molecule is CCCc1nc2c(nc1NC(=O)Cc1ccc(I)cc1)CCc1ccccc1-2. The van der Waals surface area contributed by atoms with E-state index in [1.54, 1.807) is 0 Å². The van der Waals surface area contributed by atoms with Gasteiger partial charge in [-0.05, 0) is 65.1 Å². The van der Waals surface area contributed by atoms with Crippen LogP contribution in [-0.2, 0) is 30.5 Å². The number of nitrogens with zero attached hydrogens (tertiary/aromatic N) is 2. The molecule has 0 unspecified atom stereocenters. The van der Waals surface area contributed by atoms with E-state index >= 15 is 0 Å². The molecule has 1 N–H and O–H groups in total. The maximum atomic E-state index is 12.6. The third-order valence-corrected chi connectivity index (χ3v) is 5.69. The summed E-state index contributed by atoms with van der Waals surface area (Å²) in [6.45, 7) is 2.12. The largest absolute Gasteiger partial charge is 0.309 e. The molecule has 4 nitrogen and oxygen atoms in total. The van der Waals surface area contributed by atoms with Crippen molar-refractivity contribution in [3.63, 3.8) is 0 Å². The van der Waals surface area contributed by atoms with Crippen LogP contribution in [0.4, 0.5) is 5.82 Å². The molecule has 0 saturated carbocycles. The average molecular weight is 483 g/mol. The van der Waals surface area contributed by atoms with Crippen molar-refractivity contribution in [2.24, 2.45) is 0 Å². The Morgan fingerprint density at radius 3 is 2.64 bits per heavy atom. The molecule has 0 spiro atoms. The molecular weight excluding hydrogens is 461 g/mol. The van der Waals surface area contributed by atoms with Gasteiger partial charge in [0, 0.05) is 9.13 Å². The smallest absolute Gasteiger partial charge is 0.229 e. The Balaban J connectivity index is 1.62. The third-order valence-electron chi connectivity index (χ3n) is 4.97. The molecule has 0 aliphatic heterocycles. The highest BCUT2D eigenvalue weighted by atomic mass is 127. The summed E-state index contributed by atoms with van der Waals surface area (Å²) in [5, 5.41) is 3.02. The van der Waals surface area contributed by atoms with Gasteiger partial charge in [-0.15, -0.1) is 0 Å². The highest BCUT2D eigenvalue weighted by Gasteiger charge is 2.21. The van der Waals surface area contributed by atoms with Crippen molar-refractivity contribution in [3.8, 4) is 11.3 Å². The predicted molar refractivity (Wildman–Crippen MR) is 120 cm³/mol. The van der Waals surface area contributed by atoms with Crippen molar-refractivity contribution in [2.45, 2.75) is 39.0 Å². The number of anilines is 1. The van der Waals surface area contributed by atoms with Gasteiger partial charge < -0.3 is 5.32 Å². The van der Waals surface area contributed by atoms with Gasteiger partial charge in [0.05, 0.1) is 23.5 Å². The summed E-state index contributed by atoms with van der Waals surface area (Å²) >= 11 is 2.26. The summed E-state index contributed by atoms with van der Waals surface area (Å²) in [6.07, 6.45) is 3.90. The Kier molecular flexibility index (Phi) is 5.71. The van der Waals surface area contributed by atoms with Crippen LogP contribution in [-0.4, -0.2) is 15.9 Å². The van der Waals surface area contributed by atoms with Crippen LogP contribution in [0.3, 0.4) is 0 Å². The molecule has 0 fully saturated rings. The fraction of sp³-hybridized carbons (Fsp3) is 0.261. The highest BCUT2D eigenvalue weighted by molar-refractivity contribution is 14.1. The molecule has 28 heavy (non-hydrogen) atoms. The first-order valence-electron chi connectivity index (χ1n) is 9.66. The van der Waals surface area contributed by atoms with Crippen LogP contribution in [0, 0.1) is 3.57 Å². The van der Waals surface area contributed by atoms with Gasteiger partial charge in [0.2, 0.25) is 5.91 Å². The summed E-state index contributed by atoms with van der Waals surface area (Å²) in [7, 11) is 0. The van der Waals surface area contributed by atoms with E-state index in [9.17, 15) is 4.79 Å². The Hall–Kier alpha value is -2.28. The molecule has 142 valence electrons. The van der Waals surface area contributed by atoms with Crippen molar-refractivity contribution in [1.82, 2.24) is 9.97 Å². The second-order valence-corrected chi connectivity index (χ2v) is 8.32. The minimum absolute atomic E-state index is 0.0518. The van der Waals surface area contributed by atoms with Gasteiger partial charge in [-0.1, -0.05) is 49.7 Å². The molecule has 0 radical (unpaired) electrons. The number of fused-ring (bicyclic) bond motifs is 3. The maximum absolute atomic E-state index is 12.6. The van der Waals surface area contributed by atoms with Crippen molar-refractivity contribution < 1.29 is 4.79 Å². The number of hydrogen-bond donors (Lipinski definition) is 1.